The van der Waals surface area contributed by atoms with Gasteiger partial charge in [0.25, 0.3) is 5.91 Å². The van der Waals surface area contributed by atoms with Crippen LogP contribution in [0.25, 0.3) is 0 Å². The van der Waals surface area contributed by atoms with Crippen molar-refractivity contribution in [3.8, 4) is 0 Å². The number of amides is 1. The minimum atomic E-state index is -0.105. The van der Waals surface area contributed by atoms with Gasteiger partial charge in [0.2, 0.25) is 0 Å². The quantitative estimate of drug-likeness (QED) is 0.589. The lowest BCUT2D eigenvalue weighted by Crippen LogP contribution is -2.27. The van der Waals surface area contributed by atoms with Crippen molar-refractivity contribution < 1.29 is 4.79 Å². The topological polar surface area (TPSA) is 77.6 Å². The zero-order valence-electron chi connectivity index (χ0n) is 14.3. The lowest BCUT2D eigenvalue weighted by atomic mass is 10.2. The molecule has 0 spiro atoms. The van der Waals surface area contributed by atoms with Gasteiger partial charge in [0.05, 0.1) is 39.1 Å². The maximum absolute atomic E-state index is 12.4. The highest BCUT2D eigenvalue weighted by Gasteiger charge is 2.19. The van der Waals surface area contributed by atoms with Gasteiger partial charge in [-0.15, -0.1) is 11.3 Å². The number of rotatable bonds is 7. The normalized spacial score (nSPS) is 12.3. The van der Waals surface area contributed by atoms with Gasteiger partial charge in [0.1, 0.15) is 4.88 Å². The predicted molar refractivity (Wildman–Crippen MR) is 105 cm³/mol. The fourth-order valence-corrected chi connectivity index (χ4v) is 3.97. The minimum Gasteiger partial charge on any atom is -0.349 e. The van der Waals surface area contributed by atoms with E-state index in [0.717, 1.165) is 15.2 Å². The zero-order chi connectivity index (χ0) is 18.7. The second-order valence-electron chi connectivity index (χ2n) is 5.93. The average molecular weight is 458 g/mol. The molecule has 1 atom stereocenters. The molecule has 1 amide bonds. The summed E-state index contributed by atoms with van der Waals surface area (Å²) in [7, 11) is 0. The average Bonchev–Trinajstić information content (AvgIpc) is 3.28. The first-order valence-corrected chi connectivity index (χ1v) is 10.0. The van der Waals surface area contributed by atoms with Gasteiger partial charge in [-0.2, -0.15) is 10.2 Å². The molecular weight excluding hydrogens is 440 g/mol. The third-order valence-corrected chi connectivity index (χ3v) is 5.72. The lowest BCUT2D eigenvalue weighted by Gasteiger charge is -2.07. The van der Waals surface area contributed by atoms with E-state index in [-0.39, 0.29) is 11.8 Å². The Kier molecular flexibility index (Phi) is 6.10. The van der Waals surface area contributed by atoms with E-state index in [1.54, 1.807) is 28.0 Å². The van der Waals surface area contributed by atoms with E-state index in [1.807, 2.05) is 13.1 Å². The van der Waals surface area contributed by atoms with Crippen molar-refractivity contribution in [1.29, 1.82) is 0 Å². The molecular formula is C16H18BrClN6OS. The first-order valence-electron chi connectivity index (χ1n) is 8.04. The third kappa shape index (κ3) is 4.72. The smallest absolute Gasteiger partial charge is 0.263 e. The molecule has 3 aromatic heterocycles. The largest absolute Gasteiger partial charge is 0.349 e. The molecule has 1 N–H and O–H groups in total. The second kappa shape index (κ2) is 8.32. The Labute approximate surface area is 168 Å². The first kappa shape index (κ1) is 19.1. The highest BCUT2D eigenvalue weighted by atomic mass is 79.9. The van der Waals surface area contributed by atoms with Crippen LogP contribution in [0.2, 0.25) is 5.02 Å². The molecule has 0 saturated carbocycles. The van der Waals surface area contributed by atoms with E-state index in [9.17, 15) is 4.79 Å². The van der Waals surface area contributed by atoms with E-state index in [4.69, 9.17) is 11.6 Å². The summed E-state index contributed by atoms with van der Waals surface area (Å²) in [4.78, 5) is 17.7. The van der Waals surface area contributed by atoms with Crippen molar-refractivity contribution in [2.24, 2.45) is 0 Å². The lowest BCUT2D eigenvalue weighted by molar-refractivity contribution is 0.0955. The van der Waals surface area contributed by atoms with Crippen LogP contribution in [-0.2, 0) is 13.1 Å². The standard InChI is InChI=1S/C16H18BrClN6OS/c1-10(7-24-9-13(18)6-21-24)16-22-11(2)14(26-16)15(25)19-3-4-23-8-12(17)5-20-23/h5-6,8-10H,3-4,7H2,1-2H3,(H,19,25)/t10-/m0/s1. The molecule has 0 aliphatic heterocycles. The number of hydrogen-bond donors (Lipinski definition) is 1. The predicted octanol–water partition coefficient (Wildman–Crippen LogP) is 3.49. The summed E-state index contributed by atoms with van der Waals surface area (Å²) in [6.07, 6.45) is 6.97. The molecule has 0 saturated heterocycles. The SMILES string of the molecule is Cc1nc([C@@H](C)Cn2cc(Cl)cn2)sc1C(=O)NCCn1cc(Br)cn1. The number of aryl methyl sites for hydroxylation is 1. The van der Waals surface area contributed by atoms with Gasteiger partial charge in [-0.05, 0) is 22.9 Å². The molecule has 0 radical (unpaired) electrons. The molecule has 0 aromatic carbocycles. The number of carbonyl (C=O) groups excluding carboxylic acids is 1. The Morgan fingerprint density at radius 3 is 2.77 bits per heavy atom. The molecule has 0 aliphatic rings. The fraction of sp³-hybridized carbons (Fsp3) is 0.375. The Morgan fingerprint density at radius 1 is 1.35 bits per heavy atom. The van der Waals surface area contributed by atoms with E-state index >= 15 is 0 Å². The van der Waals surface area contributed by atoms with Gasteiger partial charge in [0.15, 0.2) is 0 Å². The number of nitrogens with one attached hydrogen (secondary N) is 1. The number of hydrogen-bond acceptors (Lipinski definition) is 5. The molecule has 138 valence electrons. The number of carbonyl (C=O) groups is 1. The van der Waals surface area contributed by atoms with Crippen LogP contribution in [0.5, 0.6) is 0 Å². The maximum atomic E-state index is 12.4. The van der Waals surface area contributed by atoms with Crippen LogP contribution in [0.1, 0.15) is 33.2 Å². The molecule has 0 aliphatic carbocycles. The maximum Gasteiger partial charge on any atom is 0.263 e. The van der Waals surface area contributed by atoms with Gasteiger partial charge < -0.3 is 5.32 Å². The zero-order valence-corrected chi connectivity index (χ0v) is 17.5. The van der Waals surface area contributed by atoms with E-state index < -0.39 is 0 Å². The highest BCUT2D eigenvalue weighted by molar-refractivity contribution is 9.10. The van der Waals surface area contributed by atoms with Crippen LogP contribution >= 0.6 is 38.9 Å². The van der Waals surface area contributed by atoms with Crippen LogP contribution in [-0.4, -0.2) is 37.0 Å². The van der Waals surface area contributed by atoms with Gasteiger partial charge in [-0.3, -0.25) is 14.2 Å². The molecule has 3 heterocycles. The molecule has 0 bridgehead atoms. The first-order chi connectivity index (χ1) is 12.4. The van der Waals surface area contributed by atoms with Crippen LogP contribution in [0.3, 0.4) is 0 Å². The van der Waals surface area contributed by atoms with Crippen molar-refractivity contribution in [2.75, 3.05) is 6.54 Å². The molecule has 26 heavy (non-hydrogen) atoms. The highest BCUT2D eigenvalue weighted by Crippen LogP contribution is 2.26. The van der Waals surface area contributed by atoms with Gasteiger partial charge in [-0.1, -0.05) is 18.5 Å². The summed E-state index contributed by atoms with van der Waals surface area (Å²) < 4.78 is 4.47. The Morgan fingerprint density at radius 2 is 2.12 bits per heavy atom. The number of thiazole rings is 1. The summed E-state index contributed by atoms with van der Waals surface area (Å²) in [5.74, 6) is 0.0319. The minimum absolute atomic E-state index is 0.105. The molecule has 3 rings (SSSR count). The van der Waals surface area contributed by atoms with Crippen molar-refractivity contribution in [1.82, 2.24) is 29.9 Å². The van der Waals surface area contributed by atoms with Gasteiger partial charge in [0, 0.05) is 31.4 Å². The van der Waals surface area contributed by atoms with Crippen LogP contribution < -0.4 is 5.32 Å². The summed E-state index contributed by atoms with van der Waals surface area (Å²) in [5.41, 5.74) is 0.745. The Balaban J connectivity index is 1.58. The molecule has 0 fully saturated rings. The van der Waals surface area contributed by atoms with Crippen molar-refractivity contribution in [3.05, 3.63) is 49.9 Å². The Hall–Kier alpha value is -1.71. The number of halogens is 2. The molecule has 10 heteroatoms. The summed E-state index contributed by atoms with van der Waals surface area (Å²) in [6, 6.07) is 0. The van der Waals surface area contributed by atoms with Gasteiger partial charge >= 0.3 is 0 Å². The Bertz CT molecular complexity index is 904. The van der Waals surface area contributed by atoms with Crippen LogP contribution in [0, 0.1) is 6.92 Å². The van der Waals surface area contributed by atoms with E-state index in [1.165, 1.54) is 11.3 Å². The van der Waals surface area contributed by atoms with E-state index in [0.29, 0.717) is 29.5 Å². The molecule has 3 aromatic rings. The van der Waals surface area contributed by atoms with Gasteiger partial charge in [-0.25, -0.2) is 4.98 Å². The van der Waals surface area contributed by atoms with Crippen LogP contribution in [0.15, 0.2) is 29.3 Å². The fourth-order valence-electron chi connectivity index (χ4n) is 2.46. The molecule has 0 unspecified atom stereocenters. The van der Waals surface area contributed by atoms with Crippen molar-refractivity contribution >= 4 is 44.8 Å². The second-order valence-corrected chi connectivity index (χ2v) is 8.31. The van der Waals surface area contributed by atoms with E-state index in [2.05, 4.69) is 43.4 Å². The monoisotopic (exact) mass is 456 g/mol. The number of nitrogens with zero attached hydrogens (tertiary/aromatic N) is 5. The molecule has 7 nitrogen and oxygen atoms in total. The van der Waals surface area contributed by atoms with Crippen molar-refractivity contribution in [3.63, 3.8) is 0 Å². The summed E-state index contributed by atoms with van der Waals surface area (Å²) in [5, 5.41) is 12.8. The third-order valence-electron chi connectivity index (χ3n) is 3.73. The number of aromatic nitrogens is 5. The summed E-state index contributed by atoms with van der Waals surface area (Å²) >= 11 is 10.7. The summed E-state index contributed by atoms with van der Waals surface area (Å²) in [6.45, 7) is 5.69. The van der Waals surface area contributed by atoms with Crippen LogP contribution in [0.4, 0.5) is 0 Å². The van der Waals surface area contributed by atoms with Crippen molar-refractivity contribution in [2.45, 2.75) is 32.9 Å².